The lowest BCUT2D eigenvalue weighted by molar-refractivity contribution is 1.48. The molecule has 0 aliphatic carbocycles. The average molecular weight is 176 g/mol. The first kappa shape index (κ1) is 7.74. The molecule has 0 radical (unpaired) electrons. The maximum absolute atomic E-state index is 5.66. The number of aliphatic imine (C=N–C) groups is 1. The Kier molecular flexibility index (Phi) is 1.65. The van der Waals surface area contributed by atoms with Crippen LogP contribution in [-0.4, -0.2) is 12.9 Å². The Balaban J connectivity index is 2.61. The average Bonchev–Trinajstić information content (AvgIpc) is 2.29. The van der Waals surface area contributed by atoms with Crippen LogP contribution >= 0.6 is 12.6 Å². The van der Waals surface area contributed by atoms with Crippen LogP contribution in [0.1, 0.15) is 6.92 Å². The number of nitrogens with zero attached hydrogens (tertiary/aromatic N) is 1. The molecule has 0 spiro atoms. The van der Waals surface area contributed by atoms with Crippen molar-refractivity contribution in [1.29, 1.82) is 0 Å². The second-order valence-electron chi connectivity index (χ2n) is 3.06. The molecular formula is C8H9BN2S. The zero-order valence-electron chi connectivity index (χ0n) is 6.83. The van der Waals surface area contributed by atoms with Crippen molar-refractivity contribution in [2.45, 2.75) is 11.8 Å². The van der Waals surface area contributed by atoms with Gasteiger partial charge in [-0.25, -0.2) is 0 Å². The summed E-state index contributed by atoms with van der Waals surface area (Å²) in [5.41, 5.74) is 9.71. The lowest BCUT2D eigenvalue weighted by Crippen LogP contribution is -2.17. The number of nitrogen functional groups attached to an aromatic ring is 1. The van der Waals surface area contributed by atoms with Gasteiger partial charge in [-0.05, 0) is 30.1 Å². The molecule has 1 heterocycles. The second kappa shape index (κ2) is 2.56. The monoisotopic (exact) mass is 176 g/mol. The van der Waals surface area contributed by atoms with E-state index in [0.29, 0.717) is 0 Å². The molecule has 60 valence electrons. The standard InChI is InChI=1S/C8H9BN2S/c1-4-9-8-6(11-4)2-5(10)3-7(8)12/h2-3,9,12H,10H2,1H3. The Morgan fingerprint density at radius 2 is 2.25 bits per heavy atom. The Morgan fingerprint density at radius 3 is 3.00 bits per heavy atom. The molecule has 2 nitrogen and oxygen atoms in total. The zero-order valence-corrected chi connectivity index (χ0v) is 7.73. The van der Waals surface area contributed by atoms with E-state index in [1.807, 2.05) is 19.1 Å². The summed E-state index contributed by atoms with van der Waals surface area (Å²) >= 11 is 4.34. The minimum atomic E-state index is 0.734. The zero-order chi connectivity index (χ0) is 8.72. The highest BCUT2D eigenvalue weighted by Gasteiger charge is 2.15. The molecule has 0 amide bonds. The molecule has 1 aromatic carbocycles. The number of nitrogens with two attached hydrogens (primary N) is 1. The SMILES string of the molecule is CC1=Nc2cc(N)cc(S)c2B1. The van der Waals surface area contributed by atoms with Crippen molar-refractivity contribution in [2.75, 3.05) is 5.73 Å². The number of benzene rings is 1. The third-order valence-corrected chi connectivity index (χ3v) is 2.37. The molecular weight excluding hydrogens is 167 g/mol. The van der Waals surface area contributed by atoms with Crippen LogP contribution in [0.3, 0.4) is 0 Å². The highest BCUT2D eigenvalue weighted by atomic mass is 32.1. The number of rotatable bonds is 0. The number of anilines is 1. The van der Waals surface area contributed by atoms with E-state index in [2.05, 4.69) is 17.6 Å². The second-order valence-corrected chi connectivity index (χ2v) is 3.54. The first-order valence-corrected chi connectivity index (χ1v) is 4.27. The summed E-state index contributed by atoms with van der Waals surface area (Å²) in [6.07, 6.45) is 0. The molecule has 1 aromatic rings. The van der Waals surface area contributed by atoms with Crippen molar-refractivity contribution < 1.29 is 0 Å². The van der Waals surface area contributed by atoms with Gasteiger partial charge in [-0.15, -0.1) is 12.6 Å². The van der Waals surface area contributed by atoms with Gasteiger partial charge in [-0.2, -0.15) is 0 Å². The van der Waals surface area contributed by atoms with Gasteiger partial charge in [0.1, 0.15) is 0 Å². The summed E-state index contributed by atoms with van der Waals surface area (Å²) in [4.78, 5) is 5.31. The van der Waals surface area contributed by atoms with Crippen molar-refractivity contribution >= 4 is 42.4 Å². The van der Waals surface area contributed by atoms with Crippen LogP contribution in [0.4, 0.5) is 11.4 Å². The Hall–Kier alpha value is -0.895. The summed E-state index contributed by atoms with van der Waals surface area (Å²) in [6.45, 7) is 2.02. The Labute approximate surface area is 77.5 Å². The fourth-order valence-corrected chi connectivity index (χ4v) is 1.79. The molecule has 0 fully saturated rings. The minimum Gasteiger partial charge on any atom is -0.399 e. The van der Waals surface area contributed by atoms with Gasteiger partial charge in [0.05, 0.1) is 5.69 Å². The lowest BCUT2D eigenvalue weighted by Gasteiger charge is -2.02. The molecule has 0 atom stereocenters. The predicted octanol–water partition coefficient (Wildman–Crippen LogP) is 0.683. The van der Waals surface area contributed by atoms with Crippen LogP contribution in [0, 0.1) is 0 Å². The molecule has 0 saturated carbocycles. The van der Waals surface area contributed by atoms with Gasteiger partial charge < -0.3 is 5.73 Å². The normalized spacial score (nSPS) is 13.7. The molecule has 2 rings (SSSR count). The van der Waals surface area contributed by atoms with Crippen LogP contribution in [-0.2, 0) is 0 Å². The molecule has 0 aromatic heterocycles. The molecule has 0 unspecified atom stereocenters. The van der Waals surface area contributed by atoms with Crippen molar-refractivity contribution in [3.05, 3.63) is 12.1 Å². The van der Waals surface area contributed by atoms with Crippen LogP contribution in [0.25, 0.3) is 0 Å². The van der Waals surface area contributed by atoms with E-state index in [-0.39, 0.29) is 0 Å². The van der Waals surface area contributed by atoms with Gasteiger partial charge in [0.25, 0.3) is 0 Å². The first-order chi connectivity index (χ1) is 5.66. The Morgan fingerprint density at radius 1 is 1.50 bits per heavy atom. The van der Waals surface area contributed by atoms with Crippen LogP contribution in [0.15, 0.2) is 22.0 Å². The highest BCUT2D eigenvalue weighted by Crippen LogP contribution is 2.22. The summed E-state index contributed by atoms with van der Waals surface area (Å²) in [6, 6.07) is 3.77. The van der Waals surface area contributed by atoms with E-state index in [1.54, 1.807) is 0 Å². The van der Waals surface area contributed by atoms with Gasteiger partial charge >= 0.3 is 0 Å². The minimum absolute atomic E-state index is 0.734. The van der Waals surface area contributed by atoms with Crippen molar-refractivity contribution in [3.8, 4) is 0 Å². The van der Waals surface area contributed by atoms with Gasteiger partial charge in [0.15, 0.2) is 0 Å². The fraction of sp³-hybridized carbons (Fsp3) is 0.125. The van der Waals surface area contributed by atoms with Crippen LogP contribution in [0.5, 0.6) is 0 Å². The van der Waals surface area contributed by atoms with Crippen molar-refractivity contribution in [1.82, 2.24) is 0 Å². The molecule has 2 N–H and O–H groups in total. The Bertz CT molecular complexity index is 374. The summed E-state index contributed by atoms with van der Waals surface area (Å²) < 4.78 is 0. The van der Waals surface area contributed by atoms with E-state index in [0.717, 1.165) is 29.2 Å². The van der Waals surface area contributed by atoms with Gasteiger partial charge in [-0.3, -0.25) is 4.99 Å². The summed E-state index contributed by atoms with van der Waals surface area (Å²) in [5, 5.41) is 0. The van der Waals surface area contributed by atoms with E-state index >= 15 is 0 Å². The third kappa shape index (κ3) is 1.12. The molecule has 1 aliphatic heterocycles. The molecule has 1 aliphatic rings. The number of hydrogen-bond acceptors (Lipinski definition) is 3. The largest absolute Gasteiger partial charge is 0.399 e. The van der Waals surface area contributed by atoms with Gasteiger partial charge in [0, 0.05) is 10.6 Å². The summed E-state index contributed by atoms with van der Waals surface area (Å²) in [7, 11) is 0.911. The topological polar surface area (TPSA) is 38.4 Å². The summed E-state index contributed by atoms with van der Waals surface area (Å²) in [5.74, 6) is 0. The molecule has 0 saturated heterocycles. The van der Waals surface area contributed by atoms with E-state index in [9.17, 15) is 0 Å². The maximum atomic E-state index is 5.66. The molecule has 12 heavy (non-hydrogen) atoms. The number of thiol groups is 1. The fourth-order valence-electron chi connectivity index (χ4n) is 1.44. The van der Waals surface area contributed by atoms with Gasteiger partial charge in [0.2, 0.25) is 7.28 Å². The van der Waals surface area contributed by atoms with Crippen LogP contribution < -0.4 is 11.2 Å². The van der Waals surface area contributed by atoms with Crippen molar-refractivity contribution in [3.63, 3.8) is 0 Å². The lowest BCUT2D eigenvalue weighted by atomic mass is 9.68. The van der Waals surface area contributed by atoms with E-state index in [1.165, 1.54) is 5.46 Å². The third-order valence-electron chi connectivity index (χ3n) is 1.97. The quantitative estimate of drug-likeness (QED) is 0.340. The maximum Gasteiger partial charge on any atom is 0.214 e. The number of fused-ring (bicyclic) bond motifs is 1. The highest BCUT2D eigenvalue weighted by molar-refractivity contribution is 7.80. The predicted molar refractivity (Wildman–Crippen MR) is 57.7 cm³/mol. The van der Waals surface area contributed by atoms with Gasteiger partial charge in [-0.1, -0.05) is 0 Å². The molecule has 4 heteroatoms. The molecule has 0 bridgehead atoms. The first-order valence-electron chi connectivity index (χ1n) is 3.82. The number of hydrogen-bond donors (Lipinski definition) is 2. The van der Waals surface area contributed by atoms with E-state index < -0.39 is 0 Å². The van der Waals surface area contributed by atoms with Crippen molar-refractivity contribution in [2.24, 2.45) is 4.99 Å². The smallest absolute Gasteiger partial charge is 0.214 e. The van der Waals surface area contributed by atoms with E-state index in [4.69, 9.17) is 5.73 Å². The van der Waals surface area contributed by atoms with Crippen LogP contribution in [0.2, 0.25) is 0 Å².